The summed E-state index contributed by atoms with van der Waals surface area (Å²) in [4.78, 5) is 0. The van der Waals surface area contributed by atoms with Gasteiger partial charge in [0.05, 0.1) is 12.1 Å². The van der Waals surface area contributed by atoms with Crippen LogP contribution >= 0.6 is 11.6 Å². The predicted molar refractivity (Wildman–Crippen MR) is 86.3 cm³/mol. The van der Waals surface area contributed by atoms with E-state index in [0.29, 0.717) is 11.6 Å². The van der Waals surface area contributed by atoms with Gasteiger partial charge < -0.3 is 15.6 Å². The molecule has 0 aromatic heterocycles. The second kappa shape index (κ2) is 6.83. The average Bonchev–Trinajstić information content (AvgIpc) is 2.48. The Bertz CT molecular complexity index is 628. The van der Waals surface area contributed by atoms with Gasteiger partial charge in [-0.05, 0) is 60.8 Å². The first-order valence-electron chi connectivity index (χ1n) is 6.87. The minimum absolute atomic E-state index is 0.102. The van der Waals surface area contributed by atoms with E-state index >= 15 is 0 Å². The standard InChI is InChI=1S/C17H20ClNO2/c1-11-7-14(21-2)4-5-15(11)13(10-19)8-12-3-6-17(20)16(18)9-12/h3-7,9,13,20H,8,10,19H2,1-2H3. The number of phenols is 1. The van der Waals surface area contributed by atoms with Gasteiger partial charge in [0.1, 0.15) is 11.5 Å². The largest absolute Gasteiger partial charge is 0.506 e. The highest BCUT2D eigenvalue weighted by atomic mass is 35.5. The molecule has 0 saturated carbocycles. The summed E-state index contributed by atoms with van der Waals surface area (Å²) in [6.45, 7) is 2.61. The maximum absolute atomic E-state index is 9.48. The van der Waals surface area contributed by atoms with E-state index in [4.69, 9.17) is 22.1 Å². The molecule has 4 heteroatoms. The monoisotopic (exact) mass is 305 g/mol. The van der Waals surface area contributed by atoms with Crippen LogP contribution < -0.4 is 10.5 Å². The van der Waals surface area contributed by atoms with Crippen LogP contribution in [0.2, 0.25) is 5.02 Å². The number of hydrogen-bond donors (Lipinski definition) is 2. The Hall–Kier alpha value is -1.71. The summed E-state index contributed by atoms with van der Waals surface area (Å²) in [6, 6.07) is 11.3. The zero-order valence-corrected chi connectivity index (χ0v) is 13.0. The Labute approximate surface area is 130 Å². The van der Waals surface area contributed by atoms with Gasteiger partial charge >= 0.3 is 0 Å². The Kier molecular flexibility index (Phi) is 5.10. The third kappa shape index (κ3) is 3.69. The predicted octanol–water partition coefficient (Wildman–Crippen LogP) is 3.65. The van der Waals surface area contributed by atoms with Crippen molar-refractivity contribution in [2.24, 2.45) is 5.73 Å². The van der Waals surface area contributed by atoms with Crippen molar-refractivity contribution >= 4 is 11.6 Å². The zero-order valence-electron chi connectivity index (χ0n) is 12.3. The summed E-state index contributed by atoms with van der Waals surface area (Å²) in [6.07, 6.45) is 0.781. The van der Waals surface area contributed by atoms with Gasteiger partial charge in [-0.2, -0.15) is 0 Å². The molecule has 21 heavy (non-hydrogen) atoms. The summed E-state index contributed by atoms with van der Waals surface area (Å²) in [5, 5.41) is 9.85. The SMILES string of the molecule is COc1ccc(C(CN)Cc2ccc(O)c(Cl)c2)c(C)c1. The van der Waals surface area contributed by atoms with Crippen molar-refractivity contribution in [3.8, 4) is 11.5 Å². The van der Waals surface area contributed by atoms with Crippen molar-refractivity contribution < 1.29 is 9.84 Å². The third-order valence-electron chi connectivity index (χ3n) is 3.70. The molecule has 0 saturated heterocycles. The minimum Gasteiger partial charge on any atom is -0.506 e. The average molecular weight is 306 g/mol. The molecular formula is C17H20ClNO2. The summed E-state index contributed by atoms with van der Waals surface area (Å²) in [5.41, 5.74) is 9.38. The molecular weight excluding hydrogens is 286 g/mol. The summed E-state index contributed by atoms with van der Waals surface area (Å²) in [7, 11) is 1.66. The molecule has 0 amide bonds. The lowest BCUT2D eigenvalue weighted by Gasteiger charge is -2.18. The lowest BCUT2D eigenvalue weighted by molar-refractivity contribution is 0.414. The number of ether oxygens (including phenoxy) is 1. The van der Waals surface area contributed by atoms with Crippen molar-refractivity contribution in [1.82, 2.24) is 0 Å². The maximum Gasteiger partial charge on any atom is 0.134 e. The van der Waals surface area contributed by atoms with E-state index in [1.54, 1.807) is 19.2 Å². The molecule has 3 N–H and O–H groups in total. The first-order valence-corrected chi connectivity index (χ1v) is 7.25. The van der Waals surface area contributed by atoms with E-state index < -0.39 is 0 Å². The van der Waals surface area contributed by atoms with Crippen LogP contribution in [0.25, 0.3) is 0 Å². The van der Waals surface area contributed by atoms with Crippen molar-refractivity contribution in [1.29, 1.82) is 0 Å². The molecule has 0 bridgehead atoms. The normalized spacial score (nSPS) is 12.2. The molecule has 2 rings (SSSR count). The fourth-order valence-corrected chi connectivity index (χ4v) is 2.72. The zero-order chi connectivity index (χ0) is 15.4. The van der Waals surface area contributed by atoms with Crippen LogP contribution in [0, 0.1) is 6.92 Å². The minimum atomic E-state index is 0.102. The fraction of sp³-hybridized carbons (Fsp3) is 0.294. The highest BCUT2D eigenvalue weighted by Gasteiger charge is 2.14. The van der Waals surface area contributed by atoms with Crippen molar-refractivity contribution in [2.75, 3.05) is 13.7 Å². The van der Waals surface area contributed by atoms with Gasteiger partial charge in [0.2, 0.25) is 0 Å². The van der Waals surface area contributed by atoms with Gasteiger partial charge in [-0.15, -0.1) is 0 Å². The molecule has 3 nitrogen and oxygen atoms in total. The Balaban J connectivity index is 2.25. The molecule has 112 valence electrons. The maximum atomic E-state index is 9.48. The summed E-state index contributed by atoms with van der Waals surface area (Å²) < 4.78 is 5.23. The first kappa shape index (κ1) is 15.7. The highest BCUT2D eigenvalue weighted by Crippen LogP contribution is 2.29. The molecule has 2 aromatic rings. The Morgan fingerprint density at radius 2 is 2.00 bits per heavy atom. The van der Waals surface area contributed by atoms with Gasteiger partial charge in [0, 0.05) is 5.92 Å². The number of nitrogens with two attached hydrogens (primary N) is 1. The second-order valence-corrected chi connectivity index (χ2v) is 5.55. The number of phenolic OH excluding ortho intramolecular Hbond substituents is 1. The van der Waals surface area contributed by atoms with Crippen molar-refractivity contribution in [2.45, 2.75) is 19.3 Å². The molecule has 0 aliphatic carbocycles. The van der Waals surface area contributed by atoms with E-state index in [0.717, 1.165) is 23.3 Å². The second-order valence-electron chi connectivity index (χ2n) is 5.15. The molecule has 0 spiro atoms. The molecule has 0 aliphatic heterocycles. The molecule has 0 aliphatic rings. The first-order chi connectivity index (χ1) is 10.0. The van der Waals surface area contributed by atoms with Crippen molar-refractivity contribution in [3.63, 3.8) is 0 Å². The fourth-order valence-electron chi connectivity index (χ4n) is 2.52. The third-order valence-corrected chi connectivity index (χ3v) is 4.00. The van der Waals surface area contributed by atoms with E-state index in [1.165, 1.54) is 5.56 Å². The Morgan fingerprint density at radius 1 is 1.24 bits per heavy atom. The molecule has 0 heterocycles. The number of hydrogen-bond acceptors (Lipinski definition) is 3. The van der Waals surface area contributed by atoms with Crippen LogP contribution in [-0.4, -0.2) is 18.8 Å². The van der Waals surface area contributed by atoms with Crippen LogP contribution in [0.15, 0.2) is 36.4 Å². The lowest BCUT2D eigenvalue weighted by atomic mass is 9.89. The van der Waals surface area contributed by atoms with Gasteiger partial charge in [-0.25, -0.2) is 0 Å². The summed E-state index contributed by atoms with van der Waals surface area (Å²) >= 11 is 5.96. The van der Waals surface area contributed by atoms with Gasteiger partial charge in [0.25, 0.3) is 0 Å². The highest BCUT2D eigenvalue weighted by molar-refractivity contribution is 6.32. The summed E-state index contributed by atoms with van der Waals surface area (Å²) in [5.74, 6) is 1.15. The van der Waals surface area contributed by atoms with Gasteiger partial charge in [-0.1, -0.05) is 23.7 Å². The van der Waals surface area contributed by atoms with E-state index in [2.05, 4.69) is 13.0 Å². The van der Waals surface area contributed by atoms with Crippen LogP contribution in [0.1, 0.15) is 22.6 Å². The topological polar surface area (TPSA) is 55.5 Å². The Morgan fingerprint density at radius 3 is 2.57 bits per heavy atom. The molecule has 1 unspecified atom stereocenters. The van der Waals surface area contributed by atoms with Gasteiger partial charge in [-0.3, -0.25) is 0 Å². The lowest BCUT2D eigenvalue weighted by Crippen LogP contribution is -2.16. The molecule has 2 aromatic carbocycles. The van der Waals surface area contributed by atoms with E-state index in [-0.39, 0.29) is 11.7 Å². The van der Waals surface area contributed by atoms with Crippen LogP contribution in [0.3, 0.4) is 0 Å². The smallest absolute Gasteiger partial charge is 0.134 e. The number of halogens is 1. The van der Waals surface area contributed by atoms with Crippen LogP contribution in [0.4, 0.5) is 0 Å². The number of aromatic hydroxyl groups is 1. The number of aryl methyl sites for hydroxylation is 1. The van der Waals surface area contributed by atoms with E-state index in [1.807, 2.05) is 18.2 Å². The quantitative estimate of drug-likeness (QED) is 0.886. The van der Waals surface area contributed by atoms with E-state index in [9.17, 15) is 5.11 Å². The van der Waals surface area contributed by atoms with Crippen molar-refractivity contribution in [3.05, 3.63) is 58.1 Å². The molecule has 0 fully saturated rings. The van der Waals surface area contributed by atoms with Crippen LogP contribution in [0.5, 0.6) is 11.5 Å². The number of methoxy groups -OCH3 is 1. The molecule has 0 radical (unpaired) electrons. The number of rotatable bonds is 5. The molecule has 1 atom stereocenters. The number of benzene rings is 2. The van der Waals surface area contributed by atoms with Crippen LogP contribution in [-0.2, 0) is 6.42 Å². The van der Waals surface area contributed by atoms with Gasteiger partial charge in [0.15, 0.2) is 0 Å².